The molecule has 12 rings (SSSR count). The SMILES string of the molecule is C[C@@H]1CC[C@@H](C2CCC2)N(C(=O)C(=O)Nc2cncc(C(N)=O)c2)C1.C[C@@H]1CC[C@@H](C2CCC2)N(C(=O)C(=O)Nc2cncc(C(N)=O)c2)C1.C[C@@H]1CC[C@@H](C2CCC2)NC1.C[C@H]1CC[C@H](C2CCC2)N(C(=O)C(=O)Nc2cncc(C(N)=O)c2)C1.NC(=O)c1cncc(NC(=O)C(=O)O)c1. The zero-order valence-electron chi connectivity index (χ0n) is 58.1. The Kier molecular flexibility index (Phi) is 27.8. The second-order valence-electron chi connectivity index (χ2n) is 28.5. The summed E-state index contributed by atoms with van der Waals surface area (Å²) in [6.45, 7) is 11.8. The van der Waals surface area contributed by atoms with Crippen LogP contribution in [0.3, 0.4) is 0 Å². The number of primary amides is 4. The molecule has 29 nitrogen and oxygen atoms in total. The number of piperidine rings is 4. The topological polar surface area (TPSA) is 451 Å². The first-order valence-electron chi connectivity index (χ1n) is 35.4. The predicted octanol–water partition coefficient (Wildman–Crippen LogP) is 6.02. The fourth-order valence-electron chi connectivity index (χ4n) is 14.1. The van der Waals surface area contributed by atoms with Crippen LogP contribution in [0, 0.1) is 47.3 Å². The van der Waals surface area contributed by atoms with Crippen molar-refractivity contribution in [2.24, 2.45) is 70.3 Å². The largest absolute Gasteiger partial charge is 0.474 e. The van der Waals surface area contributed by atoms with Gasteiger partial charge in [0.15, 0.2) is 0 Å². The molecule has 8 atom stereocenters. The third-order valence-corrected chi connectivity index (χ3v) is 20.8. The molecule has 4 aromatic heterocycles. The molecule has 8 heterocycles. The molecule has 4 saturated heterocycles. The molecule has 4 aliphatic carbocycles. The van der Waals surface area contributed by atoms with Crippen molar-refractivity contribution in [3.63, 3.8) is 0 Å². The molecule has 8 fully saturated rings. The fraction of sp³-hybridized carbons (Fsp3) is 0.556. The van der Waals surface area contributed by atoms with Gasteiger partial charge in [0.25, 0.3) is 0 Å². The molecule has 14 N–H and O–H groups in total. The van der Waals surface area contributed by atoms with Crippen LogP contribution in [0.5, 0.6) is 0 Å². The third-order valence-electron chi connectivity index (χ3n) is 20.8. The number of pyridine rings is 4. The molecule has 11 amide bonds. The number of likely N-dealkylation sites (tertiary alicyclic amines) is 3. The standard InChI is InChI=1S/3C18H24N4O3.C10H19N.C8H7N3O4/c3*1-11-5-6-15(12-3-2-4-12)22(10-11)18(25)17(24)21-14-7-13(16(19)23)8-20-9-14;1-8-5-6-10(11-7-8)9-3-2-4-9;9-6(12)4-1-5(3-10-2-4)11-7(13)8(14)15/h3*7-9,11-12,15H,2-6,10H2,1H3,(H2,19,23)(H,21,24);8-11H,2-7H2,1H3;1-3H,(H2,9,12)(H,11,13)(H,14,15)/t3*11-,15+;8-,10+;/m1101./s1. The zero-order valence-corrected chi connectivity index (χ0v) is 58.1. The molecule has 4 aromatic rings. The summed E-state index contributed by atoms with van der Waals surface area (Å²) in [7, 11) is 0. The minimum atomic E-state index is -1.63. The molecular weight excluding hydrogens is 1300 g/mol. The van der Waals surface area contributed by atoms with Crippen LogP contribution in [0.4, 0.5) is 22.7 Å². The zero-order chi connectivity index (χ0) is 73.0. The Balaban J connectivity index is 0.000000165. The van der Waals surface area contributed by atoms with E-state index in [1.807, 2.05) is 5.32 Å². The number of nitrogens with two attached hydrogens (primary N) is 4. The number of amides is 11. The Morgan fingerprint density at radius 2 is 0.634 bits per heavy atom. The number of aliphatic carboxylic acids is 1. The van der Waals surface area contributed by atoms with Gasteiger partial charge in [-0.2, -0.15) is 0 Å². The summed E-state index contributed by atoms with van der Waals surface area (Å²) >= 11 is 0. The van der Waals surface area contributed by atoms with Crippen molar-refractivity contribution in [3.05, 3.63) is 96.1 Å². The number of nitrogens with one attached hydrogen (secondary N) is 5. The summed E-state index contributed by atoms with van der Waals surface area (Å²) in [6, 6.07) is 6.87. The molecule has 4 saturated carbocycles. The van der Waals surface area contributed by atoms with Crippen LogP contribution < -0.4 is 49.5 Å². The molecule has 29 heteroatoms. The Morgan fingerprint density at radius 3 is 0.861 bits per heavy atom. The van der Waals surface area contributed by atoms with Crippen LogP contribution >= 0.6 is 0 Å². The molecule has 4 aliphatic heterocycles. The lowest BCUT2D eigenvalue weighted by Gasteiger charge is -2.45. The molecule has 101 heavy (non-hydrogen) atoms. The van der Waals surface area contributed by atoms with Crippen molar-refractivity contribution in [2.75, 3.05) is 47.4 Å². The van der Waals surface area contributed by atoms with Crippen LogP contribution in [0.2, 0.25) is 0 Å². The van der Waals surface area contributed by atoms with Gasteiger partial charge in [0.1, 0.15) is 0 Å². The van der Waals surface area contributed by atoms with Crippen molar-refractivity contribution in [1.82, 2.24) is 40.0 Å². The molecule has 0 spiro atoms. The van der Waals surface area contributed by atoms with Crippen LogP contribution in [0.15, 0.2) is 73.8 Å². The van der Waals surface area contributed by atoms with Gasteiger partial charge in [-0.1, -0.05) is 53.4 Å². The van der Waals surface area contributed by atoms with Gasteiger partial charge >= 0.3 is 47.3 Å². The van der Waals surface area contributed by atoms with E-state index >= 15 is 0 Å². The van der Waals surface area contributed by atoms with E-state index in [9.17, 15) is 57.5 Å². The maximum Gasteiger partial charge on any atom is 0.394 e. The Bertz CT molecular complexity index is 3370. The molecule has 0 aromatic carbocycles. The van der Waals surface area contributed by atoms with Gasteiger partial charge in [-0.25, -0.2) is 4.79 Å². The van der Waals surface area contributed by atoms with Gasteiger partial charge in [-0.05, 0) is 181 Å². The highest BCUT2D eigenvalue weighted by Gasteiger charge is 2.43. The average Bonchev–Trinajstić information content (AvgIpc) is 0.810. The summed E-state index contributed by atoms with van der Waals surface area (Å²) in [5, 5.41) is 21.6. The van der Waals surface area contributed by atoms with E-state index in [1.165, 1.54) is 132 Å². The summed E-state index contributed by atoms with van der Waals surface area (Å²) in [6.07, 6.45) is 34.5. The molecule has 544 valence electrons. The van der Waals surface area contributed by atoms with E-state index in [4.69, 9.17) is 28.0 Å². The smallest absolute Gasteiger partial charge is 0.394 e. The van der Waals surface area contributed by atoms with Crippen molar-refractivity contribution in [2.45, 2.75) is 180 Å². The van der Waals surface area contributed by atoms with E-state index < -0.39 is 70.9 Å². The minimum absolute atomic E-state index is 0.0817. The van der Waals surface area contributed by atoms with E-state index in [1.54, 1.807) is 14.7 Å². The maximum atomic E-state index is 12.7. The number of anilines is 4. The summed E-state index contributed by atoms with van der Waals surface area (Å²) < 4.78 is 0. The van der Waals surface area contributed by atoms with Crippen molar-refractivity contribution in [1.29, 1.82) is 0 Å². The second kappa shape index (κ2) is 36.5. The lowest BCUT2D eigenvalue weighted by Crippen LogP contribution is -2.54. The van der Waals surface area contributed by atoms with Crippen molar-refractivity contribution >= 4 is 93.7 Å². The number of aromatic nitrogens is 4. The molecule has 0 bridgehead atoms. The first kappa shape index (κ1) is 76.9. The molecular formula is C72H98N16O13. The van der Waals surface area contributed by atoms with Crippen LogP contribution in [0.1, 0.15) is 198 Å². The predicted molar refractivity (Wildman–Crippen MR) is 374 cm³/mol. The van der Waals surface area contributed by atoms with Gasteiger partial charge < -0.3 is 69.3 Å². The number of rotatable bonds is 12. The highest BCUT2D eigenvalue weighted by atomic mass is 16.4. The quantitative estimate of drug-likeness (QED) is 0.0725. The van der Waals surface area contributed by atoms with Gasteiger partial charge in [0, 0.05) is 68.6 Å². The number of hydrogen-bond acceptors (Lipinski definition) is 17. The minimum Gasteiger partial charge on any atom is -0.474 e. The van der Waals surface area contributed by atoms with Crippen LogP contribution in [0.25, 0.3) is 0 Å². The lowest BCUT2D eigenvalue weighted by atomic mass is 9.75. The van der Waals surface area contributed by atoms with Gasteiger partial charge in [0.2, 0.25) is 23.6 Å². The van der Waals surface area contributed by atoms with E-state index in [0.29, 0.717) is 72.2 Å². The highest BCUT2D eigenvalue weighted by molar-refractivity contribution is 6.41. The first-order chi connectivity index (χ1) is 48.2. The maximum absolute atomic E-state index is 12.7. The molecule has 0 radical (unpaired) electrons. The first-order valence-corrected chi connectivity index (χ1v) is 35.4. The number of carbonyl (C=O) groups excluding carboxylic acids is 11. The summed E-state index contributed by atoms with van der Waals surface area (Å²) in [5.41, 5.74) is 22.2. The Hall–Kier alpha value is -9.80. The molecule has 8 aliphatic rings. The number of carboxylic acid groups (broad SMARTS) is 1. The third kappa shape index (κ3) is 21.9. The fourth-order valence-corrected chi connectivity index (χ4v) is 14.1. The van der Waals surface area contributed by atoms with Crippen LogP contribution in [-0.4, -0.2) is 161 Å². The number of nitrogens with zero attached hydrogens (tertiary/aromatic N) is 7. The van der Waals surface area contributed by atoms with Gasteiger partial charge in [-0.3, -0.25) is 72.7 Å². The van der Waals surface area contributed by atoms with Crippen molar-refractivity contribution in [3.8, 4) is 0 Å². The number of carboxylic acids is 1. The van der Waals surface area contributed by atoms with Crippen molar-refractivity contribution < 1.29 is 62.6 Å². The second-order valence-corrected chi connectivity index (χ2v) is 28.5. The lowest BCUT2D eigenvalue weighted by molar-refractivity contribution is -0.148. The van der Waals surface area contributed by atoms with E-state index in [-0.39, 0.29) is 46.1 Å². The number of hydrogen-bond donors (Lipinski definition) is 10. The van der Waals surface area contributed by atoms with Gasteiger partial charge in [0.05, 0.1) is 69.8 Å². The average molecular weight is 1400 g/mol. The molecule has 0 unspecified atom stereocenters. The number of carbonyl (C=O) groups is 12. The summed E-state index contributed by atoms with van der Waals surface area (Å²) in [4.78, 5) is 161. The Morgan fingerprint density at radius 1 is 0.366 bits per heavy atom. The van der Waals surface area contributed by atoms with Crippen LogP contribution in [-0.2, 0) is 38.4 Å². The van der Waals surface area contributed by atoms with Gasteiger partial charge in [-0.15, -0.1) is 0 Å². The monoisotopic (exact) mass is 1390 g/mol. The van der Waals surface area contributed by atoms with E-state index in [0.717, 1.165) is 94.9 Å². The Labute approximate surface area is 588 Å². The summed E-state index contributed by atoms with van der Waals surface area (Å²) in [5.74, 6) is -4.34. The van der Waals surface area contributed by atoms with E-state index in [2.05, 4.69) is 68.9 Å². The normalized spacial score (nSPS) is 23.3. The highest BCUT2D eigenvalue weighted by Crippen LogP contribution is 2.41.